The number of aromatic nitrogens is 1. The van der Waals surface area contributed by atoms with Gasteiger partial charge in [-0.1, -0.05) is 53.7 Å². The number of hydrogen-bond donors (Lipinski definition) is 0. The second kappa shape index (κ2) is 9.19. The molecule has 0 N–H and O–H groups in total. The first-order valence-electron chi connectivity index (χ1n) is 11.5. The van der Waals surface area contributed by atoms with Crippen molar-refractivity contribution in [2.45, 2.75) is 32.9 Å². The summed E-state index contributed by atoms with van der Waals surface area (Å²) in [5.41, 5.74) is 4.89. The number of rotatable bonds is 5. The van der Waals surface area contributed by atoms with Crippen LogP contribution in [0.1, 0.15) is 35.0 Å². The fourth-order valence-electron chi connectivity index (χ4n) is 4.64. The van der Waals surface area contributed by atoms with Crippen molar-refractivity contribution < 1.29 is 9.32 Å². The van der Waals surface area contributed by atoms with E-state index in [1.807, 2.05) is 72.3 Å². The molecule has 1 atom stereocenters. The van der Waals surface area contributed by atoms with Gasteiger partial charge in [0.2, 0.25) is 0 Å². The van der Waals surface area contributed by atoms with Crippen molar-refractivity contribution in [2.75, 3.05) is 31.2 Å². The summed E-state index contributed by atoms with van der Waals surface area (Å²) in [7, 11) is 0. The number of anilines is 1. The Kier molecular flexibility index (Phi) is 5.96. The van der Waals surface area contributed by atoms with E-state index >= 15 is 0 Å². The van der Waals surface area contributed by atoms with Crippen LogP contribution >= 0.6 is 0 Å². The Hall–Kier alpha value is -3.45. The number of nitrogens with zero attached hydrogens (tertiary/aromatic N) is 5. The Bertz CT molecular complexity index is 1110. The van der Waals surface area contributed by atoms with Crippen LogP contribution in [0.25, 0.3) is 0 Å². The third-order valence-electron chi connectivity index (χ3n) is 6.58. The van der Waals surface area contributed by atoms with Gasteiger partial charge in [0.05, 0.1) is 17.4 Å². The first kappa shape index (κ1) is 21.4. The molecule has 170 valence electrons. The lowest BCUT2D eigenvalue weighted by molar-refractivity contribution is -0.125. The van der Waals surface area contributed by atoms with Crippen LogP contribution in [0.3, 0.4) is 0 Å². The van der Waals surface area contributed by atoms with E-state index in [1.54, 1.807) is 0 Å². The molecule has 2 aromatic carbocycles. The van der Waals surface area contributed by atoms with Crippen LogP contribution in [0, 0.1) is 13.8 Å². The predicted octanol–water partition coefficient (Wildman–Crippen LogP) is 3.94. The lowest BCUT2D eigenvalue weighted by Gasteiger charge is -2.34. The molecular weight excluding hydrogens is 414 g/mol. The van der Waals surface area contributed by atoms with Gasteiger partial charge in [-0.3, -0.25) is 14.7 Å². The standard InChI is InChI=1S/C26H29N5O2/c1-19-23(20(2)33-28-19)18-29-13-15-30(16-14-29)26(32)24-17-25(21-9-5-3-6-10-21)31(27-24)22-11-7-4-8-12-22/h3-12,25H,13-18H2,1-2H3/t25-/m1/s1. The highest BCUT2D eigenvalue weighted by molar-refractivity contribution is 6.39. The summed E-state index contributed by atoms with van der Waals surface area (Å²) in [5, 5.41) is 10.9. The van der Waals surface area contributed by atoms with Crippen LogP contribution in [-0.4, -0.2) is 52.8 Å². The summed E-state index contributed by atoms with van der Waals surface area (Å²) in [5.74, 6) is 0.922. The molecule has 0 bridgehead atoms. The van der Waals surface area contributed by atoms with Crippen LogP contribution in [0.15, 0.2) is 70.3 Å². The van der Waals surface area contributed by atoms with Crippen molar-refractivity contribution in [1.29, 1.82) is 0 Å². The molecule has 1 saturated heterocycles. The lowest BCUT2D eigenvalue weighted by atomic mass is 10.0. The van der Waals surface area contributed by atoms with Crippen LogP contribution < -0.4 is 5.01 Å². The van der Waals surface area contributed by atoms with E-state index in [1.165, 1.54) is 0 Å². The molecule has 0 saturated carbocycles. The van der Waals surface area contributed by atoms with E-state index in [2.05, 4.69) is 22.2 Å². The highest BCUT2D eigenvalue weighted by Gasteiger charge is 2.35. The minimum absolute atomic E-state index is 0.0216. The Morgan fingerprint density at radius 1 is 0.970 bits per heavy atom. The second-order valence-electron chi connectivity index (χ2n) is 8.73. The first-order chi connectivity index (χ1) is 16.1. The highest BCUT2D eigenvalue weighted by Crippen LogP contribution is 2.35. The van der Waals surface area contributed by atoms with Crippen LogP contribution in [0.5, 0.6) is 0 Å². The number of carbonyl (C=O) groups is 1. The summed E-state index contributed by atoms with van der Waals surface area (Å²) in [6.07, 6.45) is 0.608. The van der Waals surface area contributed by atoms with Crippen molar-refractivity contribution in [1.82, 2.24) is 15.0 Å². The summed E-state index contributed by atoms with van der Waals surface area (Å²) in [4.78, 5) is 17.7. The number of amides is 1. The maximum atomic E-state index is 13.4. The fourth-order valence-corrected chi connectivity index (χ4v) is 4.64. The van der Waals surface area contributed by atoms with Crippen LogP contribution in [0.2, 0.25) is 0 Å². The van der Waals surface area contributed by atoms with E-state index in [9.17, 15) is 4.79 Å². The van der Waals surface area contributed by atoms with Gasteiger partial charge in [-0.05, 0) is 31.5 Å². The zero-order valence-electron chi connectivity index (χ0n) is 19.1. The molecule has 3 aromatic rings. The number of hydrazone groups is 1. The normalized spacial score (nSPS) is 19.1. The predicted molar refractivity (Wildman–Crippen MR) is 128 cm³/mol. The Balaban J connectivity index is 1.28. The van der Waals surface area contributed by atoms with Gasteiger partial charge in [0.15, 0.2) is 0 Å². The molecule has 0 spiro atoms. The summed E-state index contributed by atoms with van der Waals surface area (Å²) in [6, 6.07) is 20.4. The monoisotopic (exact) mass is 443 g/mol. The van der Waals surface area contributed by atoms with Crippen molar-refractivity contribution in [3.05, 3.63) is 83.2 Å². The third-order valence-corrected chi connectivity index (χ3v) is 6.58. The average molecular weight is 444 g/mol. The van der Waals surface area contributed by atoms with E-state index in [-0.39, 0.29) is 11.9 Å². The van der Waals surface area contributed by atoms with E-state index in [0.29, 0.717) is 25.2 Å². The zero-order valence-corrected chi connectivity index (χ0v) is 19.1. The second-order valence-corrected chi connectivity index (χ2v) is 8.73. The molecule has 33 heavy (non-hydrogen) atoms. The maximum absolute atomic E-state index is 13.4. The number of benzene rings is 2. The van der Waals surface area contributed by atoms with Gasteiger partial charge in [-0.2, -0.15) is 5.10 Å². The van der Waals surface area contributed by atoms with E-state index < -0.39 is 0 Å². The molecule has 1 fully saturated rings. The number of aryl methyl sites for hydroxylation is 2. The maximum Gasteiger partial charge on any atom is 0.270 e. The minimum atomic E-state index is 0.0216. The zero-order chi connectivity index (χ0) is 22.8. The molecule has 1 aromatic heterocycles. The van der Waals surface area contributed by atoms with Crippen molar-refractivity contribution in [2.24, 2.45) is 5.10 Å². The number of carbonyl (C=O) groups excluding carboxylic acids is 1. The van der Waals surface area contributed by atoms with Gasteiger partial charge in [0.25, 0.3) is 5.91 Å². The van der Waals surface area contributed by atoms with Crippen LogP contribution in [0.4, 0.5) is 5.69 Å². The van der Waals surface area contributed by atoms with Crippen LogP contribution in [-0.2, 0) is 11.3 Å². The molecule has 5 rings (SSSR count). The van der Waals surface area contributed by atoms with Gasteiger partial charge in [-0.25, -0.2) is 0 Å². The molecule has 0 aliphatic carbocycles. The Morgan fingerprint density at radius 2 is 1.64 bits per heavy atom. The van der Waals surface area contributed by atoms with Gasteiger partial charge in [0.1, 0.15) is 11.5 Å². The molecule has 2 aliphatic rings. The van der Waals surface area contributed by atoms with Gasteiger partial charge >= 0.3 is 0 Å². The number of hydrogen-bond acceptors (Lipinski definition) is 6. The fraction of sp³-hybridized carbons (Fsp3) is 0.346. The largest absolute Gasteiger partial charge is 0.361 e. The van der Waals surface area contributed by atoms with Gasteiger partial charge in [0, 0.05) is 44.7 Å². The van der Waals surface area contributed by atoms with Gasteiger partial charge < -0.3 is 9.42 Å². The molecule has 3 heterocycles. The van der Waals surface area contributed by atoms with Gasteiger partial charge in [-0.15, -0.1) is 0 Å². The van der Waals surface area contributed by atoms with Crippen molar-refractivity contribution >= 4 is 17.3 Å². The summed E-state index contributed by atoms with van der Waals surface area (Å²) < 4.78 is 5.30. The molecule has 0 unspecified atom stereocenters. The topological polar surface area (TPSA) is 65.2 Å². The highest BCUT2D eigenvalue weighted by atomic mass is 16.5. The van der Waals surface area contributed by atoms with Crippen molar-refractivity contribution in [3.63, 3.8) is 0 Å². The molecule has 7 heteroatoms. The SMILES string of the molecule is Cc1noc(C)c1CN1CCN(C(=O)C2=NN(c3ccccc3)[C@@H](c3ccccc3)C2)CC1. The third kappa shape index (κ3) is 4.41. The van der Waals surface area contributed by atoms with E-state index in [0.717, 1.165) is 47.9 Å². The quantitative estimate of drug-likeness (QED) is 0.598. The number of piperazine rings is 1. The summed E-state index contributed by atoms with van der Waals surface area (Å²) >= 11 is 0. The lowest BCUT2D eigenvalue weighted by Crippen LogP contribution is -2.50. The molecule has 2 aliphatic heterocycles. The van der Waals surface area contributed by atoms with E-state index in [4.69, 9.17) is 9.62 Å². The smallest absolute Gasteiger partial charge is 0.270 e. The number of para-hydroxylation sites is 1. The average Bonchev–Trinajstić information content (AvgIpc) is 3.45. The summed E-state index contributed by atoms with van der Waals surface area (Å²) in [6.45, 7) is 7.79. The minimum Gasteiger partial charge on any atom is -0.361 e. The van der Waals surface area contributed by atoms with Crippen molar-refractivity contribution in [3.8, 4) is 0 Å². The molecule has 0 radical (unpaired) electrons. The molecule has 1 amide bonds. The Labute approximate surface area is 194 Å². The Morgan fingerprint density at radius 3 is 2.27 bits per heavy atom. The first-order valence-corrected chi connectivity index (χ1v) is 11.5. The molecular formula is C26H29N5O2. The molecule has 7 nitrogen and oxygen atoms in total.